The number of ether oxygens (including phenoxy) is 3. The molecule has 1 aliphatic rings. The van der Waals surface area contributed by atoms with E-state index in [9.17, 15) is 0 Å². The molecule has 0 unspecified atom stereocenters. The second kappa shape index (κ2) is 7.33. The molecule has 0 saturated carbocycles. The van der Waals surface area contributed by atoms with Crippen molar-refractivity contribution in [2.75, 3.05) is 13.9 Å². The summed E-state index contributed by atoms with van der Waals surface area (Å²) in [6, 6.07) is 14.1. The van der Waals surface area contributed by atoms with Gasteiger partial charge in [0.1, 0.15) is 5.75 Å². The third-order valence-corrected chi connectivity index (χ3v) is 3.23. The van der Waals surface area contributed by atoms with Gasteiger partial charge in [0.15, 0.2) is 11.5 Å². The molecule has 0 atom stereocenters. The Kier molecular flexibility index (Phi) is 5.47. The van der Waals surface area contributed by atoms with Gasteiger partial charge in [-0.15, -0.1) is 17.0 Å². The minimum absolute atomic E-state index is 0. The van der Waals surface area contributed by atoms with Crippen LogP contribution in [0.1, 0.15) is 11.1 Å². The Bertz CT molecular complexity index is 604. The molecule has 21 heavy (non-hydrogen) atoms. The molecule has 0 aliphatic carbocycles. The van der Waals surface area contributed by atoms with Crippen LogP contribution in [0.2, 0.25) is 0 Å². The maximum Gasteiger partial charge on any atom is 0.231 e. The highest BCUT2D eigenvalue weighted by Crippen LogP contribution is 2.32. The van der Waals surface area contributed by atoms with Crippen molar-refractivity contribution in [1.29, 1.82) is 0 Å². The molecular weight excluding hydrogens is 334 g/mol. The van der Waals surface area contributed by atoms with Gasteiger partial charge < -0.3 is 19.5 Å². The average Bonchev–Trinajstić information content (AvgIpc) is 2.95. The van der Waals surface area contributed by atoms with Crippen LogP contribution < -0.4 is 19.5 Å². The lowest BCUT2D eigenvalue weighted by Gasteiger charge is -2.07. The SMILES string of the molecule is Br.COc1cccc(CNCc2ccc3c(c2)OCO3)c1. The first-order valence-corrected chi connectivity index (χ1v) is 6.57. The number of nitrogens with one attached hydrogen (secondary N) is 1. The van der Waals surface area contributed by atoms with Gasteiger partial charge in [-0.25, -0.2) is 0 Å². The minimum atomic E-state index is 0. The van der Waals surface area contributed by atoms with Crippen LogP contribution in [0.3, 0.4) is 0 Å². The van der Waals surface area contributed by atoms with Crippen molar-refractivity contribution in [3.8, 4) is 17.2 Å². The van der Waals surface area contributed by atoms with Crippen molar-refractivity contribution in [1.82, 2.24) is 5.32 Å². The Balaban J connectivity index is 0.00000161. The first kappa shape index (κ1) is 15.7. The summed E-state index contributed by atoms with van der Waals surface area (Å²) in [6.45, 7) is 1.90. The summed E-state index contributed by atoms with van der Waals surface area (Å²) in [7, 11) is 1.68. The number of hydrogen-bond acceptors (Lipinski definition) is 4. The lowest BCUT2D eigenvalue weighted by atomic mass is 10.2. The van der Waals surface area contributed by atoms with E-state index in [1.165, 1.54) is 11.1 Å². The van der Waals surface area contributed by atoms with Crippen molar-refractivity contribution >= 4 is 17.0 Å². The number of rotatable bonds is 5. The Labute approximate surface area is 134 Å². The van der Waals surface area contributed by atoms with Crippen LogP contribution in [0, 0.1) is 0 Å². The molecule has 0 radical (unpaired) electrons. The summed E-state index contributed by atoms with van der Waals surface area (Å²) >= 11 is 0. The van der Waals surface area contributed by atoms with Gasteiger partial charge in [0.2, 0.25) is 6.79 Å². The highest BCUT2D eigenvalue weighted by atomic mass is 79.9. The van der Waals surface area contributed by atoms with Gasteiger partial charge in [0.25, 0.3) is 0 Å². The molecule has 0 spiro atoms. The van der Waals surface area contributed by atoms with E-state index in [-0.39, 0.29) is 17.0 Å². The summed E-state index contributed by atoms with van der Waals surface area (Å²) in [5.74, 6) is 2.53. The molecule has 0 aromatic heterocycles. The van der Waals surface area contributed by atoms with E-state index >= 15 is 0 Å². The predicted molar refractivity (Wildman–Crippen MR) is 86.4 cm³/mol. The fourth-order valence-corrected chi connectivity index (χ4v) is 2.18. The first-order chi connectivity index (χ1) is 9.85. The van der Waals surface area contributed by atoms with E-state index in [1.54, 1.807) is 7.11 Å². The van der Waals surface area contributed by atoms with E-state index in [0.717, 1.165) is 30.3 Å². The molecule has 1 heterocycles. The van der Waals surface area contributed by atoms with Gasteiger partial charge in [-0.1, -0.05) is 18.2 Å². The zero-order valence-electron chi connectivity index (χ0n) is 11.8. The molecule has 1 N–H and O–H groups in total. The molecule has 0 amide bonds. The smallest absolute Gasteiger partial charge is 0.231 e. The monoisotopic (exact) mass is 351 g/mol. The van der Waals surface area contributed by atoms with Crippen molar-refractivity contribution in [3.05, 3.63) is 53.6 Å². The maximum absolute atomic E-state index is 5.37. The second-order valence-electron chi connectivity index (χ2n) is 4.64. The fourth-order valence-electron chi connectivity index (χ4n) is 2.18. The van der Waals surface area contributed by atoms with Crippen molar-refractivity contribution in [3.63, 3.8) is 0 Å². The maximum atomic E-state index is 5.37. The minimum Gasteiger partial charge on any atom is -0.497 e. The van der Waals surface area contributed by atoms with E-state index in [1.807, 2.05) is 36.4 Å². The molecule has 0 bridgehead atoms. The molecule has 5 heteroatoms. The molecule has 4 nitrogen and oxygen atoms in total. The van der Waals surface area contributed by atoms with Crippen molar-refractivity contribution in [2.24, 2.45) is 0 Å². The van der Waals surface area contributed by atoms with Crippen molar-refractivity contribution in [2.45, 2.75) is 13.1 Å². The van der Waals surface area contributed by atoms with Gasteiger partial charge in [-0.2, -0.15) is 0 Å². The molecule has 2 aromatic rings. The lowest BCUT2D eigenvalue weighted by molar-refractivity contribution is 0.174. The molecular formula is C16H18BrNO3. The summed E-state index contributed by atoms with van der Waals surface area (Å²) in [4.78, 5) is 0. The lowest BCUT2D eigenvalue weighted by Crippen LogP contribution is -2.12. The standard InChI is InChI=1S/C16H17NO3.BrH/c1-18-14-4-2-3-12(7-14)9-17-10-13-5-6-15-16(8-13)20-11-19-15;/h2-8,17H,9-11H2,1H3;1H. The number of halogens is 1. The van der Waals surface area contributed by atoms with Crippen LogP contribution in [0.25, 0.3) is 0 Å². The van der Waals surface area contributed by atoms with Crippen LogP contribution >= 0.6 is 17.0 Å². The van der Waals surface area contributed by atoms with Crippen LogP contribution in [0.5, 0.6) is 17.2 Å². The number of methoxy groups -OCH3 is 1. The third-order valence-electron chi connectivity index (χ3n) is 3.23. The number of benzene rings is 2. The van der Waals surface area contributed by atoms with Crippen molar-refractivity contribution < 1.29 is 14.2 Å². The van der Waals surface area contributed by atoms with Crippen LogP contribution in [0.4, 0.5) is 0 Å². The molecule has 2 aromatic carbocycles. The van der Waals surface area contributed by atoms with E-state index in [2.05, 4.69) is 11.4 Å². The molecule has 112 valence electrons. The summed E-state index contributed by atoms with van der Waals surface area (Å²) in [5.41, 5.74) is 2.38. The van der Waals surface area contributed by atoms with Gasteiger partial charge >= 0.3 is 0 Å². The summed E-state index contributed by atoms with van der Waals surface area (Å²) in [6.07, 6.45) is 0. The Morgan fingerprint density at radius 3 is 2.57 bits per heavy atom. The van der Waals surface area contributed by atoms with Gasteiger partial charge in [-0.05, 0) is 35.4 Å². The Morgan fingerprint density at radius 1 is 1.00 bits per heavy atom. The van der Waals surface area contributed by atoms with Gasteiger partial charge in [0.05, 0.1) is 7.11 Å². The van der Waals surface area contributed by atoms with E-state index in [0.29, 0.717) is 6.79 Å². The van der Waals surface area contributed by atoms with Crippen LogP contribution in [0.15, 0.2) is 42.5 Å². The predicted octanol–water partition coefficient (Wildman–Crippen LogP) is 3.29. The second-order valence-corrected chi connectivity index (χ2v) is 4.64. The molecule has 3 rings (SSSR count). The summed E-state index contributed by atoms with van der Waals surface area (Å²) < 4.78 is 15.9. The molecule has 0 saturated heterocycles. The van der Waals surface area contributed by atoms with Gasteiger partial charge in [0, 0.05) is 13.1 Å². The van der Waals surface area contributed by atoms with E-state index in [4.69, 9.17) is 14.2 Å². The summed E-state index contributed by atoms with van der Waals surface area (Å²) in [5, 5.41) is 3.41. The van der Waals surface area contributed by atoms with Gasteiger partial charge in [-0.3, -0.25) is 0 Å². The largest absolute Gasteiger partial charge is 0.497 e. The topological polar surface area (TPSA) is 39.7 Å². The Morgan fingerprint density at radius 2 is 1.76 bits per heavy atom. The third kappa shape index (κ3) is 3.89. The van der Waals surface area contributed by atoms with Crippen LogP contribution in [-0.4, -0.2) is 13.9 Å². The average molecular weight is 352 g/mol. The van der Waals surface area contributed by atoms with E-state index < -0.39 is 0 Å². The number of fused-ring (bicyclic) bond motifs is 1. The number of hydrogen-bond donors (Lipinski definition) is 1. The fraction of sp³-hybridized carbons (Fsp3) is 0.250. The first-order valence-electron chi connectivity index (χ1n) is 6.57. The highest BCUT2D eigenvalue weighted by Gasteiger charge is 2.12. The molecule has 0 fully saturated rings. The quantitative estimate of drug-likeness (QED) is 0.897. The zero-order valence-corrected chi connectivity index (χ0v) is 13.5. The highest BCUT2D eigenvalue weighted by molar-refractivity contribution is 8.93. The van der Waals surface area contributed by atoms with Crippen LogP contribution in [-0.2, 0) is 13.1 Å². The zero-order chi connectivity index (χ0) is 13.8. The Hall–Kier alpha value is -1.72. The molecule has 1 aliphatic heterocycles. The normalized spacial score (nSPS) is 11.9.